The predicted molar refractivity (Wildman–Crippen MR) is 128 cm³/mol. The first-order chi connectivity index (χ1) is 14.8. The Morgan fingerprint density at radius 3 is 1.53 bits per heavy atom. The van der Waals surface area contributed by atoms with Crippen LogP contribution in [-0.4, -0.2) is 0 Å². The second-order valence-electron chi connectivity index (χ2n) is 7.55. The average molecular weight is 415 g/mol. The molecule has 0 atom stereocenters. The van der Waals surface area contributed by atoms with Gasteiger partial charge in [-0.25, -0.2) is 0 Å². The number of unbranched alkanes of at least 4 members (excludes halogenated alkanes) is 10. The fourth-order valence-electron chi connectivity index (χ4n) is 3.20. The SMILES string of the molecule is CCCCCCCC=CN(C=CCCCCCCC)c1ccc(N(N=O)N=O)cc1. The van der Waals surface area contributed by atoms with Crippen molar-refractivity contribution in [2.75, 3.05) is 10.0 Å². The van der Waals surface area contributed by atoms with Gasteiger partial charge in [-0.2, -0.15) is 0 Å². The van der Waals surface area contributed by atoms with Crippen LogP contribution in [-0.2, 0) is 0 Å². The van der Waals surface area contributed by atoms with E-state index in [4.69, 9.17) is 0 Å². The Morgan fingerprint density at radius 2 is 1.10 bits per heavy atom. The van der Waals surface area contributed by atoms with Crippen LogP contribution < -0.4 is 10.0 Å². The van der Waals surface area contributed by atoms with Crippen molar-refractivity contribution < 1.29 is 0 Å². The summed E-state index contributed by atoms with van der Waals surface area (Å²) in [7, 11) is 0. The second kappa shape index (κ2) is 17.4. The molecule has 0 aliphatic heterocycles. The van der Waals surface area contributed by atoms with Crippen LogP contribution in [0.5, 0.6) is 0 Å². The highest BCUT2D eigenvalue weighted by molar-refractivity contribution is 5.58. The number of hydrogen-bond donors (Lipinski definition) is 0. The standard InChI is InChI=1S/C24H38N4O2/c1-3-5-7-9-11-13-15-21-27(22-16-14-12-10-8-6-4-2)23-17-19-24(20-18-23)28(25-29)26-30/h15-22H,3-14H2,1-2H3. The molecule has 0 fully saturated rings. The summed E-state index contributed by atoms with van der Waals surface area (Å²) in [5, 5.41) is 5.73. The highest BCUT2D eigenvalue weighted by atomic mass is 16.4. The first-order valence-corrected chi connectivity index (χ1v) is 11.4. The summed E-state index contributed by atoms with van der Waals surface area (Å²) in [5.41, 5.74) is 1.31. The Balaban J connectivity index is 2.69. The Bertz CT molecular complexity index is 597. The molecule has 0 unspecified atom stereocenters. The van der Waals surface area contributed by atoms with E-state index in [0.29, 0.717) is 10.8 Å². The molecule has 0 aliphatic rings. The van der Waals surface area contributed by atoms with Gasteiger partial charge < -0.3 is 4.90 Å². The molecule has 0 spiro atoms. The number of rotatable bonds is 18. The lowest BCUT2D eigenvalue weighted by atomic mass is 10.1. The van der Waals surface area contributed by atoms with Crippen LogP contribution >= 0.6 is 0 Å². The first kappa shape index (κ1) is 25.5. The lowest BCUT2D eigenvalue weighted by Gasteiger charge is -2.17. The molecule has 30 heavy (non-hydrogen) atoms. The molecule has 0 radical (unpaired) electrons. The number of benzene rings is 1. The van der Waals surface area contributed by atoms with E-state index in [1.165, 1.54) is 64.2 Å². The molecule has 0 amide bonds. The molecule has 1 aromatic rings. The number of nitrogens with zero attached hydrogens (tertiary/aromatic N) is 4. The van der Waals surface area contributed by atoms with Crippen molar-refractivity contribution in [3.63, 3.8) is 0 Å². The summed E-state index contributed by atoms with van der Waals surface area (Å²) in [6.45, 7) is 4.46. The van der Waals surface area contributed by atoms with Crippen LogP contribution in [0, 0.1) is 9.81 Å². The lowest BCUT2D eigenvalue weighted by molar-refractivity contribution is 0.637. The number of anilines is 2. The van der Waals surface area contributed by atoms with Crippen LogP contribution in [0.25, 0.3) is 0 Å². The fourth-order valence-corrected chi connectivity index (χ4v) is 3.20. The maximum Gasteiger partial charge on any atom is 0.0924 e. The van der Waals surface area contributed by atoms with Crippen molar-refractivity contribution >= 4 is 11.4 Å². The minimum absolute atomic E-state index is 0.350. The monoisotopic (exact) mass is 414 g/mol. The van der Waals surface area contributed by atoms with Gasteiger partial charge in [0.2, 0.25) is 0 Å². The maximum atomic E-state index is 10.6. The molecule has 0 aliphatic carbocycles. The number of nitroso groups, excluding NO2 is 2. The molecule has 0 heterocycles. The fraction of sp³-hybridized carbons (Fsp3) is 0.583. The number of allylic oxidation sites excluding steroid dienone is 2. The third-order valence-corrected chi connectivity index (χ3v) is 5.01. The van der Waals surface area contributed by atoms with Crippen LogP contribution in [0.3, 0.4) is 0 Å². The van der Waals surface area contributed by atoms with Gasteiger partial charge in [0.15, 0.2) is 0 Å². The Labute approximate surface area is 181 Å². The van der Waals surface area contributed by atoms with E-state index in [1.54, 1.807) is 12.1 Å². The largest absolute Gasteiger partial charge is 0.325 e. The summed E-state index contributed by atoms with van der Waals surface area (Å²) in [4.78, 5) is 23.4. The van der Waals surface area contributed by atoms with Crippen LogP contribution in [0.4, 0.5) is 11.4 Å². The summed E-state index contributed by atoms with van der Waals surface area (Å²) < 4.78 is 0. The molecule has 1 aromatic carbocycles. The number of hydrogen-bond acceptors (Lipinski definition) is 5. The lowest BCUT2D eigenvalue weighted by Crippen LogP contribution is -2.08. The van der Waals surface area contributed by atoms with Crippen molar-refractivity contribution in [3.05, 3.63) is 58.6 Å². The van der Waals surface area contributed by atoms with E-state index in [2.05, 4.69) is 53.9 Å². The van der Waals surface area contributed by atoms with E-state index in [9.17, 15) is 9.81 Å². The van der Waals surface area contributed by atoms with E-state index in [1.807, 2.05) is 12.1 Å². The van der Waals surface area contributed by atoms with E-state index in [-0.39, 0.29) is 0 Å². The minimum Gasteiger partial charge on any atom is -0.325 e. The zero-order valence-electron chi connectivity index (χ0n) is 18.7. The molecule has 0 bridgehead atoms. The molecule has 6 heteroatoms. The van der Waals surface area contributed by atoms with Crippen LogP contribution in [0.15, 0.2) is 59.4 Å². The Kier molecular flexibility index (Phi) is 14.8. The van der Waals surface area contributed by atoms with Gasteiger partial charge in [-0.05, 0) is 49.9 Å². The van der Waals surface area contributed by atoms with Gasteiger partial charge in [0, 0.05) is 18.1 Å². The molecule has 0 aromatic heterocycles. The average Bonchev–Trinajstić information content (AvgIpc) is 2.78. The summed E-state index contributed by atoms with van der Waals surface area (Å²) in [5.74, 6) is 0. The van der Waals surface area contributed by atoms with Gasteiger partial charge in [0.1, 0.15) is 0 Å². The highest BCUT2D eigenvalue weighted by Crippen LogP contribution is 2.22. The van der Waals surface area contributed by atoms with Crippen molar-refractivity contribution in [2.45, 2.75) is 90.9 Å². The minimum atomic E-state index is 0.350. The van der Waals surface area contributed by atoms with Gasteiger partial charge >= 0.3 is 0 Å². The molecular weight excluding hydrogens is 376 g/mol. The zero-order valence-corrected chi connectivity index (χ0v) is 18.7. The molecular formula is C24H38N4O2. The zero-order chi connectivity index (χ0) is 21.9. The molecule has 0 saturated carbocycles. The Hall–Kier alpha value is -2.50. The topological polar surface area (TPSA) is 65.3 Å². The molecule has 166 valence electrons. The summed E-state index contributed by atoms with van der Waals surface area (Å²) in [6.07, 6.45) is 23.4. The van der Waals surface area contributed by atoms with Crippen molar-refractivity contribution in [1.29, 1.82) is 0 Å². The van der Waals surface area contributed by atoms with Gasteiger partial charge in [-0.1, -0.05) is 82.5 Å². The molecule has 0 N–H and O–H groups in total. The van der Waals surface area contributed by atoms with Gasteiger partial charge in [0.05, 0.1) is 16.3 Å². The van der Waals surface area contributed by atoms with Crippen molar-refractivity contribution in [3.8, 4) is 0 Å². The summed E-state index contributed by atoms with van der Waals surface area (Å²) >= 11 is 0. The maximum absolute atomic E-state index is 10.6. The molecule has 0 saturated heterocycles. The van der Waals surface area contributed by atoms with Gasteiger partial charge in [-0.15, -0.1) is 9.81 Å². The second-order valence-corrected chi connectivity index (χ2v) is 7.55. The predicted octanol–water partition coefficient (Wildman–Crippen LogP) is 8.41. The Morgan fingerprint density at radius 1 is 0.667 bits per heavy atom. The van der Waals surface area contributed by atoms with E-state index < -0.39 is 0 Å². The smallest absolute Gasteiger partial charge is 0.0924 e. The van der Waals surface area contributed by atoms with Crippen molar-refractivity contribution in [1.82, 2.24) is 0 Å². The normalized spacial score (nSPS) is 11.3. The first-order valence-electron chi connectivity index (χ1n) is 11.4. The third kappa shape index (κ3) is 10.9. The summed E-state index contributed by atoms with van der Waals surface area (Å²) in [6, 6.07) is 7.05. The van der Waals surface area contributed by atoms with Crippen LogP contribution in [0.2, 0.25) is 0 Å². The van der Waals surface area contributed by atoms with Gasteiger partial charge in [-0.3, -0.25) is 0 Å². The highest BCUT2D eigenvalue weighted by Gasteiger charge is 2.07. The van der Waals surface area contributed by atoms with Gasteiger partial charge in [0.25, 0.3) is 0 Å². The third-order valence-electron chi connectivity index (χ3n) is 5.01. The molecule has 1 rings (SSSR count). The van der Waals surface area contributed by atoms with Crippen LogP contribution in [0.1, 0.15) is 90.9 Å². The van der Waals surface area contributed by atoms with E-state index in [0.717, 1.165) is 18.5 Å². The van der Waals surface area contributed by atoms with E-state index >= 15 is 0 Å². The van der Waals surface area contributed by atoms with Crippen molar-refractivity contribution in [2.24, 2.45) is 10.6 Å². The quantitative estimate of drug-likeness (QED) is 0.137. The molecule has 6 nitrogen and oxygen atoms in total.